The van der Waals surface area contributed by atoms with E-state index in [4.69, 9.17) is 0 Å². The van der Waals surface area contributed by atoms with Crippen molar-refractivity contribution in [2.24, 2.45) is 0 Å². The van der Waals surface area contributed by atoms with Crippen molar-refractivity contribution < 1.29 is 0 Å². The van der Waals surface area contributed by atoms with Crippen molar-refractivity contribution in [3.05, 3.63) is 243 Å². The molecule has 0 saturated heterocycles. The van der Waals surface area contributed by atoms with Crippen LogP contribution >= 0.6 is 29.0 Å². The quantitative estimate of drug-likeness (QED) is 0.115. The lowest BCUT2D eigenvalue weighted by Gasteiger charge is -2.43. The maximum absolute atomic E-state index is 2.90. The van der Waals surface area contributed by atoms with Crippen molar-refractivity contribution in [1.29, 1.82) is 0 Å². The standard InChI is InChI=1S/C51H44P4/c1-43(55(49-36-20-7-21-37-49,50-38-22-8-23-39-50)51-40-24-9-25-41-51)53(46-30-14-4-15-31-46)54(47-32-16-5-17-33-47,48-34-18-6-19-35-48)42-52(44-26-10-2-11-27-44)45-28-12-3-13-29-45/h2-42H,1H3. The van der Waals surface area contributed by atoms with Crippen LogP contribution in [0.5, 0.6) is 0 Å². The fourth-order valence-corrected chi connectivity index (χ4v) is 32.4. The number of hydrogen-bond donors (Lipinski definition) is 0. The first kappa shape index (κ1) is 37.2. The Hall–Kier alpha value is -4.78. The molecule has 55 heavy (non-hydrogen) atoms. The Kier molecular flexibility index (Phi) is 11.7. The van der Waals surface area contributed by atoms with Crippen LogP contribution < -0.4 is 42.4 Å². The molecule has 1 atom stereocenters. The van der Waals surface area contributed by atoms with E-state index >= 15 is 0 Å². The van der Waals surface area contributed by atoms with Crippen molar-refractivity contribution in [2.45, 2.75) is 6.92 Å². The van der Waals surface area contributed by atoms with Crippen LogP contribution in [0.15, 0.2) is 243 Å². The monoisotopic (exact) mass is 780 g/mol. The second-order valence-electron chi connectivity index (χ2n) is 13.4. The Balaban J connectivity index is 1.65. The van der Waals surface area contributed by atoms with Crippen LogP contribution in [-0.2, 0) is 0 Å². The molecule has 1 unspecified atom stereocenters. The van der Waals surface area contributed by atoms with Gasteiger partial charge < -0.3 is 0 Å². The highest BCUT2D eigenvalue weighted by molar-refractivity contribution is 8.55. The van der Waals surface area contributed by atoms with Crippen molar-refractivity contribution >= 4 is 82.0 Å². The molecular formula is C51H44P4. The van der Waals surface area contributed by atoms with Crippen LogP contribution in [-0.4, -0.2) is 10.6 Å². The normalized spacial score (nSPS) is 12.2. The first-order valence-corrected chi connectivity index (χ1v) is 25.8. The summed E-state index contributed by atoms with van der Waals surface area (Å²) in [6.07, 6.45) is 0. The predicted octanol–water partition coefficient (Wildman–Crippen LogP) is 10.4. The smallest absolute Gasteiger partial charge is 0.0144 e. The zero-order valence-electron chi connectivity index (χ0n) is 31.0. The minimum atomic E-state index is -2.47. The molecule has 0 aliphatic carbocycles. The van der Waals surface area contributed by atoms with E-state index in [-0.39, 0.29) is 0 Å². The minimum Gasteiger partial charge on any atom is -0.0622 e. The third-order valence-corrected chi connectivity index (χ3v) is 30.3. The highest BCUT2D eigenvalue weighted by Gasteiger charge is 2.41. The van der Waals surface area contributed by atoms with Crippen LogP contribution in [0.2, 0.25) is 0 Å². The molecule has 0 fully saturated rings. The van der Waals surface area contributed by atoms with Gasteiger partial charge in [0.1, 0.15) is 0 Å². The molecule has 0 radical (unpaired) electrons. The van der Waals surface area contributed by atoms with Gasteiger partial charge >= 0.3 is 0 Å². The van der Waals surface area contributed by atoms with E-state index in [0.717, 1.165) is 0 Å². The first-order valence-electron chi connectivity index (χ1n) is 18.7. The second-order valence-corrected chi connectivity index (χ2v) is 27.3. The molecule has 0 aliphatic heterocycles. The third-order valence-electron chi connectivity index (χ3n) is 10.2. The number of benzene rings is 8. The topological polar surface area (TPSA) is 0 Å². The summed E-state index contributed by atoms with van der Waals surface area (Å²) in [5.74, 6) is 0. The Morgan fingerprint density at radius 1 is 0.327 bits per heavy atom. The van der Waals surface area contributed by atoms with Gasteiger partial charge in [0.15, 0.2) is 0 Å². The largest absolute Gasteiger partial charge is 0.0622 e. The maximum Gasteiger partial charge on any atom is -0.0144 e. The summed E-state index contributed by atoms with van der Waals surface area (Å²) in [7, 11) is -1.94. The lowest BCUT2D eigenvalue weighted by atomic mass is 10.4. The van der Waals surface area contributed by atoms with Gasteiger partial charge in [-0.15, -0.1) is 0 Å². The maximum atomic E-state index is 2.90. The van der Waals surface area contributed by atoms with E-state index in [1.165, 1.54) is 42.4 Å². The average molecular weight is 781 g/mol. The van der Waals surface area contributed by atoms with Crippen LogP contribution in [0.25, 0.3) is 0 Å². The second kappa shape index (κ2) is 17.3. The molecule has 0 aliphatic rings. The molecule has 4 heteroatoms. The Morgan fingerprint density at radius 3 is 0.891 bits per heavy atom. The highest BCUT2D eigenvalue weighted by Crippen LogP contribution is 2.78. The van der Waals surface area contributed by atoms with Crippen LogP contribution in [0.3, 0.4) is 0 Å². The van der Waals surface area contributed by atoms with Crippen molar-refractivity contribution in [2.75, 3.05) is 0 Å². The lowest BCUT2D eigenvalue weighted by Crippen LogP contribution is -2.31. The molecule has 0 saturated carbocycles. The van der Waals surface area contributed by atoms with E-state index in [0.29, 0.717) is 0 Å². The van der Waals surface area contributed by atoms with Crippen molar-refractivity contribution in [3.8, 4) is 0 Å². The Bertz CT molecular complexity index is 2340. The van der Waals surface area contributed by atoms with Gasteiger partial charge in [0, 0.05) is 0 Å². The van der Waals surface area contributed by atoms with E-state index in [1.54, 1.807) is 5.03 Å². The molecule has 268 valence electrons. The zero-order valence-corrected chi connectivity index (χ0v) is 34.5. The molecular weight excluding hydrogens is 736 g/mol. The summed E-state index contributed by atoms with van der Waals surface area (Å²) in [6, 6.07) is 91.4. The molecule has 0 aromatic heterocycles. The number of rotatable bonds is 11. The average Bonchev–Trinajstić information content (AvgIpc) is 3.28. The first-order chi connectivity index (χ1) is 27.2. The lowest BCUT2D eigenvalue weighted by molar-refractivity contribution is 1.73. The molecule has 0 amide bonds. The fraction of sp³-hybridized carbons (Fsp3) is 0.0196. The summed E-state index contributed by atoms with van der Waals surface area (Å²) < 4.78 is 0. The van der Waals surface area contributed by atoms with E-state index in [9.17, 15) is 0 Å². The van der Waals surface area contributed by atoms with Gasteiger partial charge in [-0.2, -0.15) is 0 Å². The number of hydrogen-bond acceptors (Lipinski definition) is 0. The SMILES string of the molecule is CC(P(c1ccccc1)P(=CP(c1ccccc1)c1ccccc1)(c1ccccc1)c1ccccc1)=P(c1ccccc1)(c1ccccc1)c1ccccc1. The van der Waals surface area contributed by atoms with Gasteiger partial charge in [0.25, 0.3) is 0 Å². The molecule has 0 bridgehead atoms. The molecule has 8 rings (SSSR count). The third kappa shape index (κ3) is 7.35. The van der Waals surface area contributed by atoms with E-state index in [2.05, 4.69) is 255 Å². The summed E-state index contributed by atoms with van der Waals surface area (Å²) in [5.41, 5.74) is 2.90. The summed E-state index contributed by atoms with van der Waals surface area (Å²) in [5, 5.41) is 12.7. The molecule has 0 nitrogen and oxygen atoms in total. The molecule has 0 N–H and O–H groups in total. The van der Waals surface area contributed by atoms with E-state index < -0.39 is 29.0 Å². The molecule has 0 heterocycles. The van der Waals surface area contributed by atoms with Crippen molar-refractivity contribution in [1.82, 2.24) is 0 Å². The zero-order chi connectivity index (χ0) is 37.3. The molecule has 0 spiro atoms. The van der Waals surface area contributed by atoms with Crippen LogP contribution in [0.1, 0.15) is 6.92 Å². The van der Waals surface area contributed by atoms with Crippen LogP contribution in [0, 0.1) is 0 Å². The Morgan fingerprint density at radius 2 is 0.582 bits per heavy atom. The summed E-state index contributed by atoms with van der Waals surface area (Å²) >= 11 is 0. The predicted molar refractivity (Wildman–Crippen MR) is 253 cm³/mol. The molecule has 8 aromatic rings. The summed E-state index contributed by atoms with van der Waals surface area (Å²) in [6.45, 7) is -2.36. The summed E-state index contributed by atoms with van der Waals surface area (Å²) in [4.78, 5) is 0. The van der Waals surface area contributed by atoms with Gasteiger partial charge in [0.05, 0.1) is 0 Å². The van der Waals surface area contributed by atoms with Crippen molar-refractivity contribution in [3.63, 3.8) is 0 Å². The van der Waals surface area contributed by atoms with E-state index in [1.807, 2.05) is 0 Å². The highest BCUT2D eigenvalue weighted by atomic mass is 32.1. The van der Waals surface area contributed by atoms with Gasteiger partial charge in [-0.05, 0) is 88.9 Å². The van der Waals surface area contributed by atoms with Gasteiger partial charge in [-0.1, -0.05) is 243 Å². The van der Waals surface area contributed by atoms with Gasteiger partial charge in [-0.25, -0.2) is 0 Å². The van der Waals surface area contributed by atoms with Crippen LogP contribution in [0.4, 0.5) is 0 Å². The van der Waals surface area contributed by atoms with Gasteiger partial charge in [0.2, 0.25) is 0 Å². The molecule has 8 aromatic carbocycles. The van der Waals surface area contributed by atoms with Gasteiger partial charge in [-0.3, -0.25) is 0 Å². The minimum absolute atomic E-state index is 0.893. The Labute approximate surface area is 330 Å². The fourth-order valence-electron chi connectivity index (χ4n) is 7.77.